The van der Waals surface area contributed by atoms with E-state index < -0.39 is 5.82 Å². The summed E-state index contributed by atoms with van der Waals surface area (Å²) in [5.41, 5.74) is 0.279. The standard InChI is InChI=1S/C14H16FN3O2/c1-20-12-5-4-10(9-11(12)15)14(19)18-6-2-3-13-16-7-8-17-13/h4-5,7-9H,2-3,6H2,1H3,(H,16,17)(H,18,19). The second-order valence-electron chi connectivity index (χ2n) is 4.24. The van der Waals surface area contributed by atoms with Crippen LogP contribution < -0.4 is 10.1 Å². The molecular weight excluding hydrogens is 261 g/mol. The van der Waals surface area contributed by atoms with Gasteiger partial charge in [-0.15, -0.1) is 0 Å². The van der Waals surface area contributed by atoms with E-state index in [1.165, 1.54) is 25.3 Å². The topological polar surface area (TPSA) is 67.0 Å². The zero-order chi connectivity index (χ0) is 14.4. The van der Waals surface area contributed by atoms with Crippen molar-refractivity contribution in [2.45, 2.75) is 12.8 Å². The number of nitrogens with one attached hydrogen (secondary N) is 2. The first-order valence-electron chi connectivity index (χ1n) is 6.30. The van der Waals surface area contributed by atoms with Gasteiger partial charge in [-0.1, -0.05) is 0 Å². The van der Waals surface area contributed by atoms with E-state index in [-0.39, 0.29) is 17.2 Å². The van der Waals surface area contributed by atoms with Crippen LogP contribution in [-0.2, 0) is 6.42 Å². The Hall–Kier alpha value is -2.37. The Kier molecular flexibility index (Phi) is 4.70. The van der Waals surface area contributed by atoms with Crippen LogP contribution in [0.4, 0.5) is 4.39 Å². The summed E-state index contributed by atoms with van der Waals surface area (Å²) in [7, 11) is 1.38. The molecule has 0 atom stereocenters. The lowest BCUT2D eigenvalue weighted by Gasteiger charge is -2.06. The molecule has 2 rings (SSSR count). The van der Waals surface area contributed by atoms with Crippen molar-refractivity contribution in [3.8, 4) is 5.75 Å². The predicted molar refractivity (Wildman–Crippen MR) is 72.2 cm³/mol. The number of rotatable bonds is 6. The van der Waals surface area contributed by atoms with Crippen molar-refractivity contribution in [1.29, 1.82) is 0 Å². The first-order chi connectivity index (χ1) is 9.70. The molecule has 5 nitrogen and oxygen atoms in total. The Morgan fingerprint density at radius 2 is 2.35 bits per heavy atom. The minimum atomic E-state index is -0.546. The quantitative estimate of drug-likeness (QED) is 0.793. The molecule has 0 unspecified atom stereocenters. The molecule has 0 aliphatic rings. The maximum Gasteiger partial charge on any atom is 0.251 e. The molecule has 1 aromatic carbocycles. The third kappa shape index (κ3) is 3.57. The molecule has 1 heterocycles. The lowest BCUT2D eigenvalue weighted by molar-refractivity contribution is 0.0952. The molecule has 6 heteroatoms. The minimum Gasteiger partial charge on any atom is -0.494 e. The molecule has 106 valence electrons. The van der Waals surface area contributed by atoms with Crippen LogP contribution in [0.15, 0.2) is 30.6 Å². The van der Waals surface area contributed by atoms with Gasteiger partial charge >= 0.3 is 0 Å². The number of aromatic nitrogens is 2. The number of hydrogen-bond acceptors (Lipinski definition) is 3. The number of nitrogens with zero attached hydrogens (tertiary/aromatic N) is 1. The van der Waals surface area contributed by atoms with Crippen LogP contribution in [0.3, 0.4) is 0 Å². The number of halogens is 1. The molecule has 1 aromatic heterocycles. The number of methoxy groups -OCH3 is 1. The number of carbonyl (C=O) groups excluding carboxylic acids is 1. The minimum absolute atomic E-state index is 0.124. The van der Waals surface area contributed by atoms with Crippen molar-refractivity contribution < 1.29 is 13.9 Å². The van der Waals surface area contributed by atoms with E-state index in [4.69, 9.17) is 4.74 Å². The van der Waals surface area contributed by atoms with Crippen molar-refractivity contribution in [3.05, 3.63) is 47.8 Å². The largest absolute Gasteiger partial charge is 0.494 e. The number of hydrogen-bond donors (Lipinski definition) is 2. The second-order valence-corrected chi connectivity index (χ2v) is 4.24. The van der Waals surface area contributed by atoms with E-state index >= 15 is 0 Å². The summed E-state index contributed by atoms with van der Waals surface area (Å²) >= 11 is 0. The fourth-order valence-electron chi connectivity index (χ4n) is 1.80. The van der Waals surface area contributed by atoms with Gasteiger partial charge < -0.3 is 15.0 Å². The summed E-state index contributed by atoms with van der Waals surface area (Å²) in [6.45, 7) is 0.507. The average molecular weight is 277 g/mol. The number of H-pyrrole nitrogens is 1. The SMILES string of the molecule is COc1ccc(C(=O)NCCCc2ncc[nH]2)cc1F. The summed E-state index contributed by atoms with van der Waals surface area (Å²) in [4.78, 5) is 18.9. The van der Waals surface area contributed by atoms with Crippen LogP contribution >= 0.6 is 0 Å². The van der Waals surface area contributed by atoms with Crippen molar-refractivity contribution in [2.75, 3.05) is 13.7 Å². The molecule has 0 radical (unpaired) electrons. The van der Waals surface area contributed by atoms with Gasteiger partial charge in [0.2, 0.25) is 0 Å². The first-order valence-corrected chi connectivity index (χ1v) is 6.30. The van der Waals surface area contributed by atoms with Crippen molar-refractivity contribution >= 4 is 5.91 Å². The Balaban J connectivity index is 1.81. The lowest BCUT2D eigenvalue weighted by atomic mass is 10.2. The predicted octanol–water partition coefficient (Wildman–Crippen LogP) is 1.92. The second kappa shape index (κ2) is 6.70. The van der Waals surface area contributed by atoms with Gasteiger partial charge in [0.05, 0.1) is 7.11 Å². The summed E-state index contributed by atoms with van der Waals surface area (Å²) in [5, 5.41) is 2.74. The van der Waals surface area contributed by atoms with Crippen LogP contribution in [0.1, 0.15) is 22.6 Å². The zero-order valence-corrected chi connectivity index (χ0v) is 11.1. The Morgan fingerprint density at radius 1 is 1.50 bits per heavy atom. The van der Waals surface area contributed by atoms with Crippen LogP contribution in [-0.4, -0.2) is 29.5 Å². The molecule has 0 aliphatic carbocycles. The van der Waals surface area contributed by atoms with Crippen LogP contribution in [0.5, 0.6) is 5.75 Å². The van der Waals surface area contributed by atoms with Gasteiger partial charge in [0.25, 0.3) is 5.91 Å². The monoisotopic (exact) mass is 277 g/mol. The van der Waals surface area contributed by atoms with Gasteiger partial charge in [0.15, 0.2) is 11.6 Å². The van der Waals surface area contributed by atoms with E-state index in [0.29, 0.717) is 6.54 Å². The molecule has 0 saturated heterocycles. The van der Waals surface area contributed by atoms with Crippen LogP contribution in [0.25, 0.3) is 0 Å². The maximum atomic E-state index is 13.5. The van der Waals surface area contributed by atoms with E-state index in [1.54, 1.807) is 12.4 Å². The van der Waals surface area contributed by atoms with Gasteiger partial charge in [0, 0.05) is 30.9 Å². The molecule has 2 N–H and O–H groups in total. The van der Waals surface area contributed by atoms with Crippen molar-refractivity contribution in [2.24, 2.45) is 0 Å². The molecule has 20 heavy (non-hydrogen) atoms. The normalized spacial score (nSPS) is 10.3. The molecule has 0 saturated carbocycles. The van der Waals surface area contributed by atoms with E-state index in [9.17, 15) is 9.18 Å². The van der Waals surface area contributed by atoms with E-state index in [2.05, 4.69) is 15.3 Å². The molecule has 0 fully saturated rings. The smallest absolute Gasteiger partial charge is 0.251 e. The number of aryl methyl sites for hydroxylation is 1. The fraction of sp³-hybridized carbons (Fsp3) is 0.286. The Labute approximate surface area is 116 Å². The number of imidazole rings is 1. The van der Waals surface area contributed by atoms with Crippen molar-refractivity contribution in [1.82, 2.24) is 15.3 Å². The molecule has 0 aliphatic heterocycles. The summed E-state index contributed by atoms with van der Waals surface area (Å²) in [5.74, 6) is 0.163. The molecule has 2 aromatic rings. The zero-order valence-electron chi connectivity index (χ0n) is 11.1. The molecule has 1 amide bonds. The average Bonchev–Trinajstić information content (AvgIpc) is 2.96. The Bertz CT molecular complexity index is 570. The molecular formula is C14H16FN3O2. The molecule has 0 spiro atoms. The number of benzene rings is 1. The number of ether oxygens (including phenoxy) is 1. The first kappa shape index (κ1) is 14.0. The van der Waals surface area contributed by atoms with Gasteiger partial charge in [-0.2, -0.15) is 0 Å². The van der Waals surface area contributed by atoms with E-state index in [0.717, 1.165) is 18.7 Å². The highest BCUT2D eigenvalue weighted by atomic mass is 19.1. The summed E-state index contributed by atoms with van der Waals surface area (Å²) in [6.07, 6.45) is 4.96. The third-order valence-electron chi connectivity index (χ3n) is 2.84. The van der Waals surface area contributed by atoms with Gasteiger partial charge in [-0.25, -0.2) is 9.37 Å². The van der Waals surface area contributed by atoms with Crippen LogP contribution in [0, 0.1) is 5.82 Å². The van der Waals surface area contributed by atoms with Gasteiger partial charge in [0.1, 0.15) is 5.82 Å². The highest BCUT2D eigenvalue weighted by molar-refractivity contribution is 5.94. The van der Waals surface area contributed by atoms with Crippen molar-refractivity contribution in [3.63, 3.8) is 0 Å². The summed E-state index contributed by atoms with van der Waals surface area (Å²) in [6, 6.07) is 4.14. The van der Waals surface area contributed by atoms with Gasteiger partial charge in [-0.05, 0) is 24.6 Å². The number of aromatic amines is 1. The van der Waals surface area contributed by atoms with Crippen LogP contribution in [0.2, 0.25) is 0 Å². The highest BCUT2D eigenvalue weighted by Crippen LogP contribution is 2.17. The number of amides is 1. The number of carbonyl (C=O) groups is 1. The lowest BCUT2D eigenvalue weighted by Crippen LogP contribution is -2.25. The van der Waals surface area contributed by atoms with Gasteiger partial charge in [-0.3, -0.25) is 4.79 Å². The highest BCUT2D eigenvalue weighted by Gasteiger charge is 2.09. The molecule has 0 bridgehead atoms. The maximum absolute atomic E-state index is 13.5. The summed E-state index contributed by atoms with van der Waals surface area (Å²) < 4.78 is 18.3. The third-order valence-corrected chi connectivity index (χ3v) is 2.84. The Morgan fingerprint density at radius 3 is 3.00 bits per heavy atom. The van der Waals surface area contributed by atoms with E-state index in [1.807, 2.05) is 0 Å². The fourth-order valence-corrected chi connectivity index (χ4v) is 1.80.